The van der Waals surface area contributed by atoms with E-state index in [0.717, 1.165) is 12.1 Å². The van der Waals surface area contributed by atoms with Crippen LogP contribution in [0.1, 0.15) is 30.7 Å². The second kappa shape index (κ2) is 5.82. The number of aliphatic hydroxyl groups is 1. The molecule has 0 amide bonds. The Morgan fingerprint density at radius 3 is 2.69 bits per heavy atom. The van der Waals surface area contributed by atoms with Crippen LogP contribution in [0.3, 0.4) is 0 Å². The Morgan fingerprint density at radius 1 is 1.44 bits per heavy atom. The van der Waals surface area contributed by atoms with E-state index < -0.39 is 0 Å². The molecule has 0 saturated carbocycles. The highest BCUT2D eigenvalue weighted by Gasteiger charge is 2.10. The monoisotopic (exact) mass is 224 g/mol. The van der Waals surface area contributed by atoms with Crippen LogP contribution in [0.2, 0.25) is 0 Å². The zero-order chi connectivity index (χ0) is 12.1. The molecule has 1 rings (SSSR count). The van der Waals surface area contributed by atoms with Gasteiger partial charge in [-0.25, -0.2) is 0 Å². The highest BCUT2D eigenvalue weighted by atomic mass is 16.3. The van der Waals surface area contributed by atoms with E-state index in [4.69, 9.17) is 5.11 Å². The van der Waals surface area contributed by atoms with Crippen LogP contribution in [0.5, 0.6) is 5.75 Å². The summed E-state index contributed by atoms with van der Waals surface area (Å²) in [7, 11) is 0. The lowest BCUT2D eigenvalue weighted by Crippen LogP contribution is -2.20. The van der Waals surface area contributed by atoms with Crippen LogP contribution >= 0.6 is 0 Å². The van der Waals surface area contributed by atoms with Crippen molar-refractivity contribution < 1.29 is 10.2 Å². The molecule has 0 fully saturated rings. The van der Waals surface area contributed by atoms with Gasteiger partial charge in [-0.15, -0.1) is 0 Å². The summed E-state index contributed by atoms with van der Waals surface area (Å²) in [6.07, 6.45) is 1.61. The summed E-state index contributed by atoms with van der Waals surface area (Å²) >= 11 is 0. The van der Waals surface area contributed by atoms with Gasteiger partial charge in [0.2, 0.25) is 0 Å². The van der Waals surface area contributed by atoms with Gasteiger partial charge in [0.15, 0.2) is 0 Å². The van der Waals surface area contributed by atoms with E-state index in [9.17, 15) is 5.11 Å². The molecular weight excluding hydrogens is 204 g/mol. The fourth-order valence-electron chi connectivity index (χ4n) is 1.50. The van der Waals surface area contributed by atoms with Crippen LogP contribution in [0, 0.1) is 12.8 Å². The smallest absolute Gasteiger partial charge is 0.141 e. The summed E-state index contributed by atoms with van der Waals surface area (Å²) in [5, 5.41) is 22.3. The number of aromatic hydroxyl groups is 1. The predicted molar refractivity (Wildman–Crippen MR) is 63.1 cm³/mol. The van der Waals surface area contributed by atoms with Gasteiger partial charge in [0.1, 0.15) is 5.75 Å². The Labute approximate surface area is 96.3 Å². The summed E-state index contributed by atoms with van der Waals surface area (Å²) in [6, 6.07) is 0. The SMILES string of the molecule is Cc1ncc(CO)c(CNCC(C)C)c1O. The first-order chi connectivity index (χ1) is 7.56. The number of pyridine rings is 1. The molecule has 16 heavy (non-hydrogen) atoms. The minimum atomic E-state index is -0.0977. The van der Waals surface area contributed by atoms with Crippen molar-refractivity contribution >= 4 is 0 Å². The standard InChI is InChI=1S/C12H20N2O2/c1-8(2)4-13-6-11-10(7-15)5-14-9(3)12(11)16/h5,8,13,15-16H,4,6-7H2,1-3H3. The maximum atomic E-state index is 9.86. The number of aromatic nitrogens is 1. The third-order valence-electron chi connectivity index (χ3n) is 2.45. The molecule has 4 nitrogen and oxygen atoms in total. The number of rotatable bonds is 5. The zero-order valence-electron chi connectivity index (χ0n) is 10.1. The van der Waals surface area contributed by atoms with Gasteiger partial charge in [0.25, 0.3) is 0 Å². The number of nitrogens with one attached hydrogen (secondary N) is 1. The van der Waals surface area contributed by atoms with Gasteiger partial charge in [-0.2, -0.15) is 0 Å². The molecule has 0 aromatic carbocycles. The first-order valence-electron chi connectivity index (χ1n) is 5.54. The third-order valence-corrected chi connectivity index (χ3v) is 2.45. The van der Waals surface area contributed by atoms with Crippen LogP contribution < -0.4 is 5.32 Å². The Bertz CT molecular complexity index is 351. The van der Waals surface area contributed by atoms with E-state index in [1.807, 2.05) is 0 Å². The van der Waals surface area contributed by atoms with Crippen molar-refractivity contribution in [2.75, 3.05) is 6.54 Å². The lowest BCUT2D eigenvalue weighted by Gasteiger charge is -2.13. The molecule has 0 aliphatic carbocycles. The molecule has 1 aromatic rings. The molecule has 0 bridgehead atoms. The first-order valence-corrected chi connectivity index (χ1v) is 5.54. The van der Waals surface area contributed by atoms with Crippen molar-refractivity contribution in [1.82, 2.24) is 10.3 Å². The normalized spacial score (nSPS) is 11.1. The Hall–Kier alpha value is -1.13. The van der Waals surface area contributed by atoms with Crippen molar-refractivity contribution in [1.29, 1.82) is 0 Å². The highest BCUT2D eigenvalue weighted by molar-refractivity contribution is 5.40. The van der Waals surface area contributed by atoms with Crippen LogP contribution in [0.25, 0.3) is 0 Å². The molecule has 90 valence electrons. The number of aryl methyl sites for hydroxylation is 1. The average Bonchev–Trinajstić information content (AvgIpc) is 2.24. The second-order valence-corrected chi connectivity index (χ2v) is 4.38. The van der Waals surface area contributed by atoms with Gasteiger partial charge in [0.05, 0.1) is 12.3 Å². The number of aliphatic hydroxyl groups excluding tert-OH is 1. The maximum Gasteiger partial charge on any atom is 0.141 e. The fourth-order valence-corrected chi connectivity index (χ4v) is 1.50. The minimum Gasteiger partial charge on any atom is -0.506 e. The van der Waals surface area contributed by atoms with Crippen molar-refractivity contribution in [3.63, 3.8) is 0 Å². The molecule has 0 radical (unpaired) electrons. The Morgan fingerprint density at radius 2 is 2.12 bits per heavy atom. The van der Waals surface area contributed by atoms with E-state index in [0.29, 0.717) is 23.7 Å². The van der Waals surface area contributed by atoms with Crippen molar-refractivity contribution in [2.24, 2.45) is 5.92 Å². The van der Waals surface area contributed by atoms with Crippen LogP contribution in [-0.2, 0) is 13.2 Å². The molecule has 1 aromatic heterocycles. The predicted octanol–water partition coefficient (Wildman–Crippen LogP) is 1.33. The molecule has 0 unspecified atom stereocenters. The Kier molecular flexibility index (Phi) is 4.71. The topological polar surface area (TPSA) is 65.4 Å². The number of hydrogen-bond acceptors (Lipinski definition) is 4. The average molecular weight is 224 g/mol. The summed E-state index contributed by atoms with van der Waals surface area (Å²) in [4.78, 5) is 4.02. The summed E-state index contributed by atoms with van der Waals surface area (Å²) in [6.45, 7) is 7.34. The molecule has 1 heterocycles. The van der Waals surface area contributed by atoms with E-state index in [-0.39, 0.29) is 12.4 Å². The van der Waals surface area contributed by atoms with Gasteiger partial charge < -0.3 is 15.5 Å². The summed E-state index contributed by atoms with van der Waals surface area (Å²) in [5.74, 6) is 0.741. The molecule has 0 spiro atoms. The maximum absolute atomic E-state index is 9.86. The van der Waals surface area contributed by atoms with Crippen molar-refractivity contribution in [3.8, 4) is 5.75 Å². The molecule has 3 N–H and O–H groups in total. The lowest BCUT2D eigenvalue weighted by atomic mass is 10.1. The van der Waals surface area contributed by atoms with Gasteiger partial charge in [0, 0.05) is 23.9 Å². The van der Waals surface area contributed by atoms with Gasteiger partial charge >= 0.3 is 0 Å². The molecular formula is C12H20N2O2. The molecule has 0 aliphatic rings. The summed E-state index contributed by atoms with van der Waals surface area (Å²) in [5.41, 5.74) is 2.02. The second-order valence-electron chi connectivity index (χ2n) is 4.38. The van der Waals surface area contributed by atoms with Crippen molar-refractivity contribution in [3.05, 3.63) is 23.0 Å². The minimum absolute atomic E-state index is 0.0977. The number of nitrogens with zero attached hydrogens (tertiary/aromatic N) is 1. The van der Waals surface area contributed by atoms with Crippen LogP contribution in [-0.4, -0.2) is 21.7 Å². The largest absolute Gasteiger partial charge is 0.506 e. The highest BCUT2D eigenvalue weighted by Crippen LogP contribution is 2.23. The third kappa shape index (κ3) is 3.18. The molecule has 0 aliphatic heterocycles. The molecule has 0 saturated heterocycles. The Balaban J connectivity index is 2.80. The van der Waals surface area contributed by atoms with E-state index in [2.05, 4.69) is 24.1 Å². The van der Waals surface area contributed by atoms with Gasteiger partial charge in [-0.05, 0) is 19.4 Å². The zero-order valence-corrected chi connectivity index (χ0v) is 10.1. The van der Waals surface area contributed by atoms with Gasteiger partial charge in [-0.3, -0.25) is 4.98 Å². The quantitative estimate of drug-likeness (QED) is 0.706. The molecule has 0 atom stereocenters. The van der Waals surface area contributed by atoms with E-state index >= 15 is 0 Å². The van der Waals surface area contributed by atoms with Crippen molar-refractivity contribution in [2.45, 2.75) is 33.9 Å². The molecule has 4 heteroatoms. The van der Waals surface area contributed by atoms with E-state index in [1.54, 1.807) is 13.1 Å². The van der Waals surface area contributed by atoms with Crippen LogP contribution in [0.15, 0.2) is 6.20 Å². The first kappa shape index (κ1) is 12.9. The number of hydrogen-bond donors (Lipinski definition) is 3. The van der Waals surface area contributed by atoms with Gasteiger partial charge in [-0.1, -0.05) is 13.8 Å². The summed E-state index contributed by atoms with van der Waals surface area (Å²) < 4.78 is 0. The fraction of sp³-hybridized carbons (Fsp3) is 0.583. The van der Waals surface area contributed by atoms with Crippen LogP contribution in [0.4, 0.5) is 0 Å². The van der Waals surface area contributed by atoms with E-state index in [1.165, 1.54) is 0 Å². The lowest BCUT2D eigenvalue weighted by molar-refractivity contribution is 0.278.